The summed E-state index contributed by atoms with van der Waals surface area (Å²) in [5, 5.41) is 9.47. The number of benzene rings is 1. The van der Waals surface area contributed by atoms with E-state index in [-0.39, 0.29) is 41.6 Å². The zero-order chi connectivity index (χ0) is 9.35. The largest absolute Gasteiger partial charge is 1.00 e. The molecule has 0 aliphatic carbocycles. The molecule has 0 heterocycles. The maximum Gasteiger partial charge on any atom is 1.00 e. The second kappa shape index (κ2) is 4.66. The molecule has 68 valence electrons. The molecule has 3 nitrogen and oxygen atoms in total. The van der Waals surface area contributed by atoms with Crippen molar-refractivity contribution in [1.29, 1.82) is 0 Å². The van der Waals surface area contributed by atoms with Gasteiger partial charge in [0, 0.05) is 11.3 Å². The fourth-order valence-corrected chi connectivity index (χ4v) is 1.72. The summed E-state index contributed by atoms with van der Waals surface area (Å²) in [7, 11) is -3.36. The van der Waals surface area contributed by atoms with E-state index >= 15 is 0 Å². The van der Waals surface area contributed by atoms with Crippen molar-refractivity contribution in [1.82, 2.24) is 0 Å². The summed E-state index contributed by atoms with van der Waals surface area (Å²) in [4.78, 5) is -0.105. The number of halogens is 1. The monoisotopic (exact) mass is 230 g/mol. The molecule has 1 N–H and O–H groups in total. The molecule has 0 aliphatic rings. The summed E-state index contributed by atoms with van der Waals surface area (Å²) < 4.78 is 21.9. The topological polar surface area (TPSA) is 54.4 Å². The predicted molar refractivity (Wildman–Crippen MR) is 47.3 cm³/mol. The van der Waals surface area contributed by atoms with Crippen molar-refractivity contribution in [2.45, 2.75) is 4.90 Å². The molecule has 0 aromatic heterocycles. The number of rotatable bonds is 1. The molecule has 1 aromatic carbocycles. The first-order valence-electron chi connectivity index (χ1n) is 3.10. The Labute approximate surface area is 105 Å². The van der Waals surface area contributed by atoms with E-state index in [9.17, 15) is 8.42 Å². The molecule has 0 spiro atoms. The van der Waals surface area contributed by atoms with Gasteiger partial charge in [-0.25, -0.2) is 8.42 Å². The predicted octanol–water partition coefficient (Wildman–Crippen LogP) is -1.43. The van der Waals surface area contributed by atoms with Crippen LogP contribution in [-0.2, 0) is 9.84 Å². The van der Waals surface area contributed by atoms with Gasteiger partial charge in [0.05, 0.1) is 0 Å². The Morgan fingerprint density at radius 1 is 1.46 bits per heavy atom. The van der Waals surface area contributed by atoms with E-state index < -0.39 is 9.84 Å². The first-order valence-corrected chi connectivity index (χ1v) is 5.37. The summed E-state index contributed by atoms with van der Waals surface area (Å²) >= 11 is 5.51. The molecule has 0 amide bonds. The molecule has 0 aliphatic heterocycles. The molecule has 0 saturated carbocycles. The number of hydrogen-bond acceptors (Lipinski definition) is 3. The number of phenolic OH excluding ortho intramolecular Hbond substituents is 1. The third-order valence-electron chi connectivity index (χ3n) is 1.32. The second-order valence-electron chi connectivity index (χ2n) is 2.38. The van der Waals surface area contributed by atoms with Crippen LogP contribution in [0.1, 0.15) is 1.43 Å². The van der Waals surface area contributed by atoms with Crippen molar-refractivity contribution in [2.24, 2.45) is 0 Å². The quantitative estimate of drug-likeness (QED) is 0.602. The minimum atomic E-state index is -3.36. The van der Waals surface area contributed by atoms with Crippen LogP contribution in [0.5, 0.6) is 5.75 Å². The molecule has 13 heavy (non-hydrogen) atoms. The number of sulfone groups is 1. The molecule has 1 rings (SSSR count). The van der Waals surface area contributed by atoms with Gasteiger partial charge in [0.15, 0.2) is 9.84 Å². The van der Waals surface area contributed by atoms with E-state index in [0.717, 1.165) is 6.26 Å². The molecular weight excluding hydrogens is 223 g/mol. The van der Waals surface area contributed by atoms with E-state index in [1.165, 1.54) is 18.2 Å². The van der Waals surface area contributed by atoms with Crippen molar-refractivity contribution in [2.75, 3.05) is 6.26 Å². The van der Waals surface area contributed by atoms with Gasteiger partial charge in [0.1, 0.15) is 10.6 Å². The van der Waals surface area contributed by atoms with Gasteiger partial charge in [-0.2, -0.15) is 0 Å². The molecule has 0 saturated heterocycles. The summed E-state index contributed by atoms with van der Waals surface area (Å²) in [5.74, 6) is -0.315. The third-order valence-corrected chi connectivity index (χ3v) is 2.70. The van der Waals surface area contributed by atoms with Gasteiger partial charge in [-0.15, -0.1) is 0 Å². The van der Waals surface area contributed by atoms with Gasteiger partial charge in [0.25, 0.3) is 0 Å². The van der Waals surface area contributed by atoms with Crippen LogP contribution in [0.3, 0.4) is 0 Å². The summed E-state index contributed by atoms with van der Waals surface area (Å²) in [6, 6.07) is 3.88. The average molecular weight is 231 g/mol. The van der Waals surface area contributed by atoms with Crippen LogP contribution >= 0.6 is 11.6 Å². The zero-order valence-corrected chi connectivity index (χ0v) is 10.9. The fraction of sp³-hybridized carbons (Fsp3) is 0.143. The second-order valence-corrected chi connectivity index (χ2v) is 4.80. The van der Waals surface area contributed by atoms with E-state index in [1.54, 1.807) is 0 Å². The number of hydrogen-bond donors (Lipinski definition) is 1. The molecule has 6 heteroatoms. The minimum Gasteiger partial charge on any atom is -1.00 e. The number of phenols is 1. The molecular formula is C7H8ClNaO3S. The first kappa shape index (κ1) is 13.3. The summed E-state index contributed by atoms with van der Waals surface area (Å²) in [5.41, 5.74) is 0. The van der Waals surface area contributed by atoms with E-state index in [2.05, 4.69) is 0 Å². The molecule has 1 aromatic rings. The van der Waals surface area contributed by atoms with Crippen LogP contribution in [0.15, 0.2) is 23.1 Å². The van der Waals surface area contributed by atoms with Crippen LogP contribution in [0.25, 0.3) is 0 Å². The standard InChI is InChI=1S/C7H7ClO3S.Na.H/c1-12(10,11)7-3-2-5(8)4-6(7)9;;/h2-4,9H,1H3;;/q;+1;-1. The van der Waals surface area contributed by atoms with Crippen molar-refractivity contribution in [3.63, 3.8) is 0 Å². The molecule has 0 radical (unpaired) electrons. The van der Waals surface area contributed by atoms with Crippen molar-refractivity contribution in [3.8, 4) is 5.75 Å². The van der Waals surface area contributed by atoms with Gasteiger partial charge in [0.2, 0.25) is 0 Å². The van der Waals surface area contributed by atoms with Gasteiger partial charge in [-0.1, -0.05) is 11.6 Å². The average Bonchev–Trinajstić information content (AvgIpc) is 1.83. The Kier molecular flexibility index (Phi) is 4.76. The SMILES string of the molecule is CS(=O)(=O)c1ccc(Cl)cc1O.[H-].[Na+]. The smallest absolute Gasteiger partial charge is 1.00 e. The first-order chi connectivity index (χ1) is 5.41. The Bertz CT molecular complexity index is 407. The Morgan fingerprint density at radius 3 is 2.38 bits per heavy atom. The van der Waals surface area contributed by atoms with E-state index in [0.29, 0.717) is 5.02 Å². The van der Waals surface area contributed by atoms with Crippen LogP contribution in [-0.4, -0.2) is 19.8 Å². The van der Waals surface area contributed by atoms with Gasteiger partial charge in [-0.3, -0.25) is 0 Å². The van der Waals surface area contributed by atoms with Crippen LogP contribution < -0.4 is 29.6 Å². The van der Waals surface area contributed by atoms with Crippen LogP contribution in [0.4, 0.5) is 0 Å². The fourth-order valence-electron chi connectivity index (χ4n) is 0.804. The minimum absolute atomic E-state index is 0. The van der Waals surface area contributed by atoms with Crippen LogP contribution in [0.2, 0.25) is 5.02 Å². The van der Waals surface area contributed by atoms with Crippen LogP contribution in [0, 0.1) is 0 Å². The van der Waals surface area contributed by atoms with Crippen molar-refractivity contribution < 1.29 is 44.5 Å². The zero-order valence-electron chi connectivity index (χ0n) is 8.28. The van der Waals surface area contributed by atoms with Gasteiger partial charge < -0.3 is 6.53 Å². The maximum absolute atomic E-state index is 11.0. The van der Waals surface area contributed by atoms with Crippen molar-refractivity contribution >= 4 is 21.4 Å². The Balaban J connectivity index is 0. The van der Waals surface area contributed by atoms with E-state index in [4.69, 9.17) is 16.7 Å². The Morgan fingerprint density at radius 2 is 2.00 bits per heavy atom. The third kappa shape index (κ3) is 3.48. The number of aromatic hydroxyl groups is 1. The maximum atomic E-state index is 11.0. The molecule has 0 atom stereocenters. The summed E-state index contributed by atoms with van der Waals surface area (Å²) in [6.07, 6.45) is 1.02. The van der Waals surface area contributed by atoms with Gasteiger partial charge in [-0.05, 0) is 18.2 Å². The summed E-state index contributed by atoms with van der Waals surface area (Å²) in [6.45, 7) is 0. The molecule has 0 fully saturated rings. The van der Waals surface area contributed by atoms with Gasteiger partial charge >= 0.3 is 29.6 Å². The normalized spacial score (nSPS) is 10.6. The van der Waals surface area contributed by atoms with E-state index in [1.807, 2.05) is 0 Å². The molecule has 0 unspecified atom stereocenters. The Hall–Kier alpha value is 0.260. The van der Waals surface area contributed by atoms with Crippen molar-refractivity contribution in [3.05, 3.63) is 23.2 Å². The molecule has 0 bridgehead atoms.